The van der Waals surface area contributed by atoms with Gasteiger partial charge in [-0.3, -0.25) is 9.69 Å². The minimum Gasteiger partial charge on any atom is -0.453 e. The van der Waals surface area contributed by atoms with Crippen molar-refractivity contribution in [2.24, 2.45) is 0 Å². The molecular weight excluding hydrogens is 539 g/mol. The van der Waals surface area contributed by atoms with Crippen LogP contribution in [-0.2, 0) is 9.53 Å². The Balaban J connectivity index is 1.28. The monoisotopic (exact) mass is 570 g/mol. The van der Waals surface area contributed by atoms with Crippen LogP contribution in [0.2, 0.25) is 5.02 Å². The van der Waals surface area contributed by atoms with E-state index in [1.165, 1.54) is 25.3 Å². The van der Waals surface area contributed by atoms with Gasteiger partial charge in [0.25, 0.3) is 0 Å². The number of anilines is 3. The van der Waals surface area contributed by atoms with E-state index in [0.29, 0.717) is 40.1 Å². The first-order chi connectivity index (χ1) is 19.3. The Labute approximate surface area is 237 Å². The number of carbonyl (C=O) groups excluding carboxylic acids is 2. The fraction of sp³-hybridized carbons (Fsp3) is 0.370. The Bertz CT molecular complexity index is 1340. The molecule has 1 aromatic carbocycles. The van der Waals surface area contributed by atoms with Gasteiger partial charge in [0.05, 0.1) is 30.7 Å². The zero-order valence-corrected chi connectivity index (χ0v) is 23.2. The van der Waals surface area contributed by atoms with Gasteiger partial charge in [-0.05, 0) is 50.2 Å². The number of halogens is 2. The maximum Gasteiger partial charge on any atom is 0.406 e. The first-order valence-corrected chi connectivity index (χ1v) is 13.3. The summed E-state index contributed by atoms with van der Waals surface area (Å²) in [5, 5.41) is 17.5. The van der Waals surface area contributed by atoms with E-state index >= 15 is 0 Å². The van der Waals surface area contributed by atoms with Crippen molar-refractivity contribution in [3.05, 3.63) is 59.1 Å². The summed E-state index contributed by atoms with van der Waals surface area (Å²) in [7, 11) is 1.35. The number of nitrogens with zero attached hydrogens (tertiary/aromatic N) is 5. The second-order valence-electron chi connectivity index (χ2n) is 9.35. The molecule has 3 heterocycles. The lowest BCUT2D eigenvalue weighted by Gasteiger charge is -2.34. The number of amides is 2. The quantitative estimate of drug-likeness (QED) is 0.313. The third-order valence-electron chi connectivity index (χ3n) is 6.43. The molecule has 3 N–H and O–H groups in total. The minimum absolute atomic E-state index is 0.152. The van der Waals surface area contributed by atoms with Crippen molar-refractivity contribution in [2.75, 3.05) is 63.6 Å². The van der Waals surface area contributed by atoms with Crippen LogP contribution in [0, 0.1) is 12.7 Å². The number of aryl methyl sites for hydroxylation is 1. The molecule has 0 aliphatic carbocycles. The lowest BCUT2D eigenvalue weighted by molar-refractivity contribution is -0.117. The number of hydrogen-bond acceptors (Lipinski definition) is 9. The molecule has 1 aliphatic heterocycles. The summed E-state index contributed by atoms with van der Waals surface area (Å²) in [6.45, 7) is 6.74. The van der Waals surface area contributed by atoms with Gasteiger partial charge in [-0.25, -0.2) is 14.2 Å². The van der Waals surface area contributed by atoms with E-state index in [-0.39, 0.29) is 18.0 Å². The molecule has 2 amide bonds. The van der Waals surface area contributed by atoms with Gasteiger partial charge in [0.2, 0.25) is 5.91 Å². The molecule has 13 heteroatoms. The first-order valence-electron chi connectivity index (χ1n) is 12.9. The van der Waals surface area contributed by atoms with Crippen molar-refractivity contribution in [1.82, 2.24) is 30.3 Å². The maximum atomic E-state index is 14.4. The predicted molar refractivity (Wildman–Crippen MR) is 151 cm³/mol. The fourth-order valence-corrected chi connectivity index (χ4v) is 4.43. The van der Waals surface area contributed by atoms with Crippen molar-refractivity contribution in [3.63, 3.8) is 0 Å². The molecule has 2 aromatic heterocycles. The SMILES string of the molecule is COC(=O)NCCCN1CCN(CC(=O)Nc2cc(Nc3cc(-c4cc(Cl)ccc4F)nnc3C)ccn2)CC1. The van der Waals surface area contributed by atoms with Gasteiger partial charge >= 0.3 is 6.09 Å². The number of methoxy groups -OCH3 is 1. The van der Waals surface area contributed by atoms with E-state index in [4.69, 9.17) is 11.6 Å². The van der Waals surface area contributed by atoms with Gasteiger partial charge < -0.3 is 25.6 Å². The van der Waals surface area contributed by atoms with E-state index in [1.807, 2.05) is 0 Å². The van der Waals surface area contributed by atoms with Crippen LogP contribution in [0.1, 0.15) is 12.1 Å². The van der Waals surface area contributed by atoms with Gasteiger partial charge in [0, 0.05) is 61.3 Å². The Morgan fingerprint density at radius 3 is 2.62 bits per heavy atom. The van der Waals surface area contributed by atoms with Crippen molar-refractivity contribution < 1.29 is 18.7 Å². The van der Waals surface area contributed by atoms with Gasteiger partial charge in [-0.15, -0.1) is 0 Å². The molecule has 1 aliphatic rings. The van der Waals surface area contributed by atoms with Gasteiger partial charge in [0.1, 0.15) is 11.6 Å². The number of benzene rings is 1. The van der Waals surface area contributed by atoms with Crippen molar-refractivity contribution >= 4 is 40.8 Å². The summed E-state index contributed by atoms with van der Waals surface area (Å²) in [5.74, 6) is -0.190. The van der Waals surface area contributed by atoms with Crippen LogP contribution in [0.3, 0.4) is 0 Å². The molecule has 0 atom stereocenters. The molecule has 1 saturated heterocycles. The highest BCUT2D eigenvalue weighted by Gasteiger charge is 2.19. The lowest BCUT2D eigenvalue weighted by atomic mass is 10.1. The van der Waals surface area contributed by atoms with Crippen LogP contribution in [0.25, 0.3) is 11.3 Å². The van der Waals surface area contributed by atoms with Crippen LogP contribution < -0.4 is 16.0 Å². The van der Waals surface area contributed by atoms with Crippen LogP contribution in [-0.4, -0.2) is 89.9 Å². The third kappa shape index (κ3) is 8.31. The van der Waals surface area contributed by atoms with Crippen LogP contribution in [0.4, 0.5) is 26.4 Å². The Morgan fingerprint density at radius 2 is 1.85 bits per heavy atom. The number of rotatable bonds is 10. The van der Waals surface area contributed by atoms with Crippen LogP contribution in [0.5, 0.6) is 0 Å². The normalized spacial score (nSPS) is 14.0. The van der Waals surface area contributed by atoms with E-state index in [2.05, 4.69) is 45.7 Å². The maximum absolute atomic E-state index is 14.4. The van der Waals surface area contributed by atoms with Crippen LogP contribution in [0.15, 0.2) is 42.6 Å². The highest BCUT2D eigenvalue weighted by molar-refractivity contribution is 6.30. The fourth-order valence-electron chi connectivity index (χ4n) is 4.26. The molecule has 3 aromatic rings. The van der Waals surface area contributed by atoms with E-state index in [9.17, 15) is 14.0 Å². The Kier molecular flexibility index (Phi) is 10.2. The Hall–Kier alpha value is -3.87. The van der Waals surface area contributed by atoms with E-state index in [0.717, 1.165) is 39.1 Å². The molecule has 0 unspecified atom stereocenters. The van der Waals surface area contributed by atoms with Gasteiger partial charge in [-0.2, -0.15) is 10.2 Å². The average molecular weight is 571 g/mol. The van der Waals surface area contributed by atoms with Gasteiger partial charge in [-0.1, -0.05) is 11.6 Å². The van der Waals surface area contributed by atoms with Crippen molar-refractivity contribution in [1.29, 1.82) is 0 Å². The number of hydrogen-bond donors (Lipinski definition) is 3. The second kappa shape index (κ2) is 14.0. The third-order valence-corrected chi connectivity index (χ3v) is 6.66. The summed E-state index contributed by atoms with van der Waals surface area (Å²) in [6.07, 6.45) is 2.00. The number of pyridine rings is 1. The zero-order valence-electron chi connectivity index (χ0n) is 22.4. The van der Waals surface area contributed by atoms with Crippen LogP contribution >= 0.6 is 11.6 Å². The summed E-state index contributed by atoms with van der Waals surface area (Å²) < 4.78 is 18.9. The predicted octanol–water partition coefficient (Wildman–Crippen LogP) is 3.69. The first kappa shape index (κ1) is 29.1. The average Bonchev–Trinajstić information content (AvgIpc) is 2.94. The number of aromatic nitrogens is 3. The van der Waals surface area contributed by atoms with Gasteiger partial charge in [0.15, 0.2) is 0 Å². The summed E-state index contributed by atoms with van der Waals surface area (Å²) in [5.41, 5.74) is 2.52. The summed E-state index contributed by atoms with van der Waals surface area (Å²) in [6, 6.07) is 9.45. The highest BCUT2D eigenvalue weighted by atomic mass is 35.5. The van der Waals surface area contributed by atoms with Crippen molar-refractivity contribution in [3.8, 4) is 11.3 Å². The number of alkyl carbamates (subject to hydrolysis) is 1. The smallest absolute Gasteiger partial charge is 0.406 e. The van der Waals surface area contributed by atoms with E-state index < -0.39 is 11.9 Å². The molecule has 11 nitrogen and oxygen atoms in total. The molecule has 0 saturated carbocycles. The number of carbonyl (C=O) groups is 2. The molecular formula is C27H32ClFN8O3. The molecule has 0 radical (unpaired) electrons. The molecule has 0 bridgehead atoms. The summed E-state index contributed by atoms with van der Waals surface area (Å²) >= 11 is 6.04. The highest BCUT2D eigenvalue weighted by Crippen LogP contribution is 2.28. The standard InChI is InChI=1S/C27H32ClFN8O3/c1-18-23(16-24(35-34-18)21-14-19(28)4-5-22(21)29)32-20-6-8-30-25(15-20)33-26(38)17-37-12-10-36(11-13-37)9-3-7-31-27(39)40-2/h4-6,8,14-16H,3,7,9-13,17H2,1-2H3,(H,31,39)(H2,30,32,33,35,38). The zero-order chi connectivity index (χ0) is 28.5. The minimum atomic E-state index is -0.447. The lowest BCUT2D eigenvalue weighted by Crippen LogP contribution is -2.49. The van der Waals surface area contributed by atoms with Crippen molar-refractivity contribution in [2.45, 2.75) is 13.3 Å². The van der Waals surface area contributed by atoms with E-state index in [1.54, 1.807) is 31.3 Å². The molecule has 0 spiro atoms. The molecule has 4 rings (SSSR count). The molecule has 40 heavy (non-hydrogen) atoms. The topological polar surface area (TPSA) is 125 Å². The number of ether oxygens (including phenoxy) is 1. The summed E-state index contributed by atoms with van der Waals surface area (Å²) in [4.78, 5) is 32.5. The molecule has 212 valence electrons. The largest absolute Gasteiger partial charge is 0.453 e. The number of nitrogens with one attached hydrogen (secondary N) is 3. The molecule has 1 fully saturated rings. The Morgan fingerprint density at radius 1 is 1.07 bits per heavy atom. The second-order valence-corrected chi connectivity index (χ2v) is 9.78. The number of piperazine rings is 1.